The number of sulfonamides is 1. The molecule has 0 radical (unpaired) electrons. The lowest BCUT2D eigenvalue weighted by atomic mass is 10.3. The Morgan fingerprint density at radius 3 is 2.28 bits per heavy atom. The highest BCUT2D eigenvalue weighted by Crippen LogP contribution is 2.18. The molecule has 0 aliphatic heterocycles. The first-order valence-corrected chi connectivity index (χ1v) is 9.59. The molecule has 2 aromatic heterocycles. The molecule has 0 spiro atoms. The smallest absolute Gasteiger partial charge is 0.343 e. The molecule has 3 rings (SSSR count). The number of nitro groups is 1. The van der Waals surface area contributed by atoms with Gasteiger partial charge >= 0.3 is 5.82 Å². The molecule has 0 atom stereocenters. The summed E-state index contributed by atoms with van der Waals surface area (Å²) in [6.45, 7) is 3.44. The van der Waals surface area contributed by atoms with E-state index < -0.39 is 26.7 Å². The predicted molar refractivity (Wildman–Crippen MR) is 102 cm³/mol. The van der Waals surface area contributed by atoms with Crippen LogP contribution >= 0.6 is 0 Å². The van der Waals surface area contributed by atoms with E-state index in [0.29, 0.717) is 11.4 Å². The highest BCUT2D eigenvalue weighted by Gasteiger charge is 2.18. The van der Waals surface area contributed by atoms with E-state index in [1.165, 1.54) is 24.3 Å². The Bertz CT molecular complexity index is 1170. The summed E-state index contributed by atoms with van der Waals surface area (Å²) in [7, 11) is -3.93. The maximum Gasteiger partial charge on any atom is 0.343 e. The van der Waals surface area contributed by atoms with Gasteiger partial charge in [-0.1, -0.05) is 5.10 Å². The molecule has 13 heteroatoms. The molecule has 0 fully saturated rings. The summed E-state index contributed by atoms with van der Waals surface area (Å²) in [5.74, 6) is -1.15. The summed E-state index contributed by atoms with van der Waals surface area (Å²) < 4.78 is 27.3. The van der Waals surface area contributed by atoms with E-state index in [4.69, 9.17) is 0 Å². The van der Waals surface area contributed by atoms with Gasteiger partial charge in [-0.25, -0.2) is 23.1 Å². The third kappa shape index (κ3) is 4.70. The van der Waals surface area contributed by atoms with E-state index >= 15 is 0 Å². The number of nitrogens with one attached hydrogen (secondary N) is 3. The molecule has 3 aromatic rings. The Labute approximate surface area is 164 Å². The first kappa shape index (κ1) is 19.9. The number of benzene rings is 1. The van der Waals surface area contributed by atoms with Crippen molar-refractivity contribution in [3.05, 3.63) is 63.6 Å². The fraction of sp³-hybridized carbons (Fsp3) is 0.125. The standard InChI is InChI=1S/C16H15N7O5S/c1-9-7-10(2)18-16(17-9)22-29(27,28)12-5-3-11(4-6-12)19-15(24)13-8-14(21-20-13)23(25)26/h3-8H,1-2H3,(H,19,24)(H,20,21)(H,17,18,22). The average Bonchev–Trinajstić information content (AvgIpc) is 3.11. The number of rotatable bonds is 6. The number of aryl methyl sites for hydroxylation is 2. The lowest BCUT2D eigenvalue weighted by molar-refractivity contribution is -0.389. The summed E-state index contributed by atoms with van der Waals surface area (Å²) >= 11 is 0. The number of aromatic nitrogens is 4. The Kier molecular flexibility index (Phi) is 5.23. The number of H-pyrrole nitrogens is 1. The summed E-state index contributed by atoms with van der Waals surface area (Å²) in [5, 5.41) is 18.8. The fourth-order valence-electron chi connectivity index (χ4n) is 2.38. The van der Waals surface area contributed by atoms with Crippen LogP contribution in [-0.2, 0) is 10.0 Å². The van der Waals surface area contributed by atoms with Crippen LogP contribution in [0.15, 0.2) is 41.3 Å². The minimum atomic E-state index is -3.93. The SMILES string of the molecule is Cc1cc(C)nc(NS(=O)(=O)c2ccc(NC(=O)c3cc([N+](=O)[O-])[nH]n3)cc2)n1. The third-order valence-corrected chi connectivity index (χ3v) is 4.97. The Balaban J connectivity index is 1.73. The zero-order valence-corrected chi connectivity index (χ0v) is 16.0. The molecule has 3 N–H and O–H groups in total. The molecule has 0 bridgehead atoms. The molecule has 2 heterocycles. The Hall–Kier alpha value is -3.87. The highest BCUT2D eigenvalue weighted by atomic mass is 32.2. The molecule has 12 nitrogen and oxygen atoms in total. The second-order valence-electron chi connectivity index (χ2n) is 5.95. The Morgan fingerprint density at radius 2 is 1.72 bits per heavy atom. The van der Waals surface area contributed by atoms with Crippen LogP contribution in [0.2, 0.25) is 0 Å². The number of aromatic amines is 1. The van der Waals surface area contributed by atoms with Crippen LogP contribution in [-0.4, -0.2) is 39.4 Å². The molecular formula is C16H15N7O5S. The van der Waals surface area contributed by atoms with Crippen LogP contribution in [0.25, 0.3) is 0 Å². The van der Waals surface area contributed by atoms with Gasteiger partial charge in [-0.05, 0) is 49.1 Å². The van der Waals surface area contributed by atoms with Crippen molar-refractivity contribution in [2.24, 2.45) is 0 Å². The van der Waals surface area contributed by atoms with E-state index in [2.05, 4.69) is 30.2 Å². The summed E-state index contributed by atoms with van der Waals surface area (Å²) in [6.07, 6.45) is 0. The number of hydrogen-bond donors (Lipinski definition) is 3. The van der Waals surface area contributed by atoms with Crippen molar-refractivity contribution >= 4 is 33.4 Å². The van der Waals surface area contributed by atoms with E-state index in [1.807, 2.05) is 0 Å². The third-order valence-electron chi connectivity index (χ3n) is 3.62. The van der Waals surface area contributed by atoms with Crippen LogP contribution < -0.4 is 10.0 Å². The van der Waals surface area contributed by atoms with Crippen molar-refractivity contribution in [2.75, 3.05) is 10.0 Å². The molecule has 0 aliphatic carbocycles. The van der Waals surface area contributed by atoms with Crippen molar-refractivity contribution in [3.63, 3.8) is 0 Å². The average molecular weight is 417 g/mol. The van der Waals surface area contributed by atoms with Crippen LogP contribution in [0.4, 0.5) is 17.5 Å². The van der Waals surface area contributed by atoms with Crippen molar-refractivity contribution in [1.29, 1.82) is 0 Å². The zero-order valence-electron chi connectivity index (χ0n) is 15.2. The summed E-state index contributed by atoms with van der Waals surface area (Å²) in [5.41, 5.74) is 1.34. The summed E-state index contributed by atoms with van der Waals surface area (Å²) in [6, 6.07) is 8.01. The van der Waals surface area contributed by atoms with Gasteiger partial charge in [0.25, 0.3) is 15.9 Å². The van der Waals surface area contributed by atoms with Gasteiger partial charge in [0.05, 0.1) is 11.0 Å². The van der Waals surface area contributed by atoms with Crippen molar-refractivity contribution in [2.45, 2.75) is 18.7 Å². The molecule has 0 aliphatic rings. The van der Waals surface area contributed by atoms with Gasteiger partial charge in [0.1, 0.15) is 0 Å². The predicted octanol–water partition coefficient (Wildman–Crippen LogP) is 1.78. The van der Waals surface area contributed by atoms with Gasteiger partial charge in [0, 0.05) is 17.1 Å². The van der Waals surface area contributed by atoms with Crippen LogP contribution in [0.3, 0.4) is 0 Å². The fourth-order valence-corrected chi connectivity index (χ4v) is 3.33. The maximum atomic E-state index is 12.5. The molecule has 29 heavy (non-hydrogen) atoms. The number of anilines is 2. The first-order valence-electron chi connectivity index (χ1n) is 8.10. The first-order chi connectivity index (χ1) is 13.6. The molecule has 150 valence electrons. The van der Waals surface area contributed by atoms with Gasteiger partial charge in [-0.3, -0.25) is 4.79 Å². The molecular weight excluding hydrogens is 402 g/mol. The monoisotopic (exact) mass is 417 g/mol. The quantitative estimate of drug-likeness (QED) is 0.402. The molecule has 0 saturated heterocycles. The highest BCUT2D eigenvalue weighted by molar-refractivity contribution is 7.92. The van der Waals surface area contributed by atoms with E-state index in [9.17, 15) is 23.3 Å². The Morgan fingerprint density at radius 1 is 1.10 bits per heavy atom. The number of carbonyl (C=O) groups excluding carboxylic acids is 1. The van der Waals surface area contributed by atoms with E-state index in [0.717, 1.165) is 6.07 Å². The van der Waals surface area contributed by atoms with Crippen LogP contribution in [0, 0.1) is 24.0 Å². The van der Waals surface area contributed by atoms with Gasteiger partial charge in [-0.2, -0.15) is 0 Å². The van der Waals surface area contributed by atoms with Gasteiger partial charge in [0.2, 0.25) is 5.95 Å². The molecule has 1 aromatic carbocycles. The summed E-state index contributed by atoms with van der Waals surface area (Å²) in [4.78, 5) is 30.0. The van der Waals surface area contributed by atoms with Crippen LogP contribution in [0.5, 0.6) is 0 Å². The largest absolute Gasteiger partial charge is 0.358 e. The van der Waals surface area contributed by atoms with Crippen LogP contribution in [0.1, 0.15) is 21.9 Å². The topological polar surface area (TPSA) is 173 Å². The van der Waals surface area contributed by atoms with Gasteiger partial charge in [0.15, 0.2) is 5.69 Å². The normalized spacial score (nSPS) is 11.1. The number of nitrogens with zero attached hydrogens (tertiary/aromatic N) is 4. The molecule has 1 amide bonds. The minimum absolute atomic E-state index is 0.0417. The van der Waals surface area contributed by atoms with Crippen molar-refractivity contribution < 1.29 is 18.1 Å². The number of carbonyl (C=O) groups is 1. The van der Waals surface area contributed by atoms with Crippen molar-refractivity contribution in [1.82, 2.24) is 20.2 Å². The second-order valence-corrected chi connectivity index (χ2v) is 7.64. The number of hydrogen-bond acceptors (Lipinski definition) is 8. The lowest BCUT2D eigenvalue weighted by Gasteiger charge is -2.09. The van der Waals surface area contributed by atoms with Crippen molar-refractivity contribution in [3.8, 4) is 0 Å². The van der Waals surface area contributed by atoms with Gasteiger partial charge in [-0.15, -0.1) is 5.10 Å². The van der Waals surface area contributed by atoms with E-state index in [-0.39, 0.29) is 22.2 Å². The molecule has 0 saturated carbocycles. The minimum Gasteiger partial charge on any atom is -0.358 e. The lowest BCUT2D eigenvalue weighted by Crippen LogP contribution is -2.16. The second kappa shape index (κ2) is 7.63. The van der Waals surface area contributed by atoms with E-state index in [1.54, 1.807) is 19.9 Å². The van der Waals surface area contributed by atoms with Gasteiger partial charge < -0.3 is 15.4 Å². The zero-order chi connectivity index (χ0) is 21.2. The number of amides is 1. The maximum absolute atomic E-state index is 12.5. The molecule has 0 unspecified atom stereocenters.